The molecule has 2 aliphatic rings. The molecule has 5 heteroatoms. The topological polar surface area (TPSA) is 47.3 Å². The van der Waals surface area contributed by atoms with Gasteiger partial charge in [-0.1, -0.05) is 24.6 Å². The first-order valence-corrected chi connectivity index (χ1v) is 10.8. The van der Waals surface area contributed by atoms with Crippen LogP contribution < -0.4 is 4.74 Å². The molecule has 0 spiro atoms. The molecule has 2 atom stereocenters. The molecule has 0 bridgehead atoms. The van der Waals surface area contributed by atoms with Crippen molar-refractivity contribution in [3.05, 3.63) is 82.9 Å². The average molecular weight is 419 g/mol. The van der Waals surface area contributed by atoms with Crippen LogP contribution >= 0.6 is 0 Å². The highest BCUT2D eigenvalue weighted by atomic mass is 19.1. The first-order valence-electron chi connectivity index (χ1n) is 10.8. The van der Waals surface area contributed by atoms with Gasteiger partial charge in [0.15, 0.2) is 0 Å². The van der Waals surface area contributed by atoms with Gasteiger partial charge in [-0.25, -0.2) is 9.07 Å². The highest BCUT2D eigenvalue weighted by Gasteiger charge is 2.54. The van der Waals surface area contributed by atoms with E-state index in [4.69, 9.17) is 4.74 Å². The largest absolute Gasteiger partial charge is 0.497 e. The van der Waals surface area contributed by atoms with Crippen molar-refractivity contribution >= 4 is 6.08 Å². The van der Waals surface area contributed by atoms with Crippen molar-refractivity contribution in [3.63, 3.8) is 0 Å². The maximum atomic E-state index is 13.3. The molecule has 1 N–H and O–H groups in total. The number of aryl methyl sites for hydroxylation is 1. The van der Waals surface area contributed by atoms with Gasteiger partial charge >= 0.3 is 0 Å². The molecule has 2 aliphatic carbocycles. The van der Waals surface area contributed by atoms with Crippen LogP contribution in [-0.2, 0) is 12.8 Å². The highest BCUT2D eigenvalue weighted by Crippen LogP contribution is 2.56. The lowest BCUT2D eigenvalue weighted by molar-refractivity contribution is -0.0461. The van der Waals surface area contributed by atoms with Crippen molar-refractivity contribution in [2.45, 2.75) is 44.6 Å². The Bertz CT molecular complexity index is 1130. The summed E-state index contributed by atoms with van der Waals surface area (Å²) in [6.45, 7) is 2.19. The average Bonchev–Trinajstić information content (AvgIpc) is 3.29. The lowest BCUT2D eigenvalue weighted by Gasteiger charge is -2.42. The fourth-order valence-electron chi connectivity index (χ4n) is 5.26. The first-order chi connectivity index (χ1) is 14.9. The number of benzene rings is 2. The molecule has 0 saturated heterocycles. The molecule has 31 heavy (non-hydrogen) atoms. The summed E-state index contributed by atoms with van der Waals surface area (Å²) in [6.07, 6.45) is 8.03. The van der Waals surface area contributed by atoms with Crippen molar-refractivity contribution < 1.29 is 14.2 Å². The number of nitrogens with zero attached hydrogens (tertiary/aromatic N) is 2. The number of rotatable bonds is 5. The van der Waals surface area contributed by atoms with Gasteiger partial charge < -0.3 is 9.84 Å². The van der Waals surface area contributed by atoms with Crippen LogP contribution in [0.25, 0.3) is 11.8 Å². The summed E-state index contributed by atoms with van der Waals surface area (Å²) < 4.78 is 20.5. The van der Waals surface area contributed by atoms with Gasteiger partial charge in [-0.2, -0.15) is 5.10 Å². The summed E-state index contributed by atoms with van der Waals surface area (Å²) in [5.74, 6) is 0.590. The Morgan fingerprint density at radius 2 is 1.87 bits per heavy atom. The second-order valence-electron chi connectivity index (χ2n) is 9.00. The minimum atomic E-state index is -0.756. The highest BCUT2D eigenvalue weighted by molar-refractivity contribution is 5.62. The smallest absolute Gasteiger partial charge is 0.123 e. The van der Waals surface area contributed by atoms with E-state index in [-0.39, 0.29) is 11.2 Å². The number of aliphatic hydroxyl groups is 1. The fourth-order valence-corrected chi connectivity index (χ4v) is 5.26. The molecule has 2 aromatic carbocycles. The maximum Gasteiger partial charge on any atom is 0.123 e. The summed E-state index contributed by atoms with van der Waals surface area (Å²) in [6, 6.07) is 14.5. The zero-order chi connectivity index (χ0) is 21.6. The summed E-state index contributed by atoms with van der Waals surface area (Å²) in [5.41, 5.74) is 4.43. The Labute approximate surface area is 182 Å². The van der Waals surface area contributed by atoms with Crippen LogP contribution in [0.1, 0.15) is 43.0 Å². The van der Waals surface area contributed by atoms with Gasteiger partial charge in [0.2, 0.25) is 0 Å². The molecule has 1 saturated carbocycles. The molecule has 0 unspecified atom stereocenters. The van der Waals surface area contributed by atoms with E-state index in [0.29, 0.717) is 6.42 Å². The second kappa shape index (κ2) is 7.34. The molecule has 1 aromatic heterocycles. The quantitative estimate of drug-likeness (QED) is 0.625. The predicted octanol–water partition coefficient (Wildman–Crippen LogP) is 5.12. The van der Waals surface area contributed by atoms with Crippen LogP contribution in [0.4, 0.5) is 4.39 Å². The van der Waals surface area contributed by atoms with E-state index >= 15 is 0 Å². The number of hydrogen-bond donors (Lipinski definition) is 1. The summed E-state index contributed by atoms with van der Waals surface area (Å²) in [7, 11) is 1.67. The van der Waals surface area contributed by atoms with Crippen molar-refractivity contribution in [3.8, 4) is 11.4 Å². The molecule has 4 nitrogen and oxygen atoms in total. The monoisotopic (exact) mass is 418 g/mol. The molecule has 3 aromatic rings. The molecule has 0 aliphatic heterocycles. The molecule has 1 heterocycles. The first kappa shape index (κ1) is 20.0. The minimum Gasteiger partial charge on any atom is -0.497 e. The molecule has 5 rings (SSSR count). The molecular formula is C26H27FN2O2. The van der Waals surface area contributed by atoms with Crippen molar-refractivity contribution in [1.82, 2.24) is 9.78 Å². The van der Waals surface area contributed by atoms with Gasteiger partial charge in [-0.05, 0) is 85.7 Å². The normalized spacial score (nSPS) is 24.5. The van der Waals surface area contributed by atoms with E-state index in [1.165, 1.54) is 23.3 Å². The fraction of sp³-hybridized carbons (Fsp3) is 0.346. The lowest BCUT2D eigenvalue weighted by Crippen LogP contribution is -2.45. The van der Waals surface area contributed by atoms with Gasteiger partial charge in [0.1, 0.15) is 11.6 Å². The summed E-state index contributed by atoms with van der Waals surface area (Å²) in [4.78, 5) is 0. The maximum absolute atomic E-state index is 13.3. The van der Waals surface area contributed by atoms with Gasteiger partial charge in [-0.15, -0.1) is 0 Å². The van der Waals surface area contributed by atoms with Crippen molar-refractivity contribution in [2.75, 3.05) is 7.11 Å². The molecule has 0 radical (unpaired) electrons. The van der Waals surface area contributed by atoms with E-state index in [1.54, 1.807) is 19.2 Å². The Morgan fingerprint density at radius 1 is 1.13 bits per heavy atom. The van der Waals surface area contributed by atoms with Crippen LogP contribution in [0.15, 0.2) is 60.3 Å². The molecular weight excluding hydrogens is 391 g/mol. The van der Waals surface area contributed by atoms with Crippen LogP contribution in [0, 0.1) is 11.2 Å². The predicted molar refractivity (Wildman–Crippen MR) is 119 cm³/mol. The van der Waals surface area contributed by atoms with Crippen LogP contribution in [0.2, 0.25) is 0 Å². The van der Waals surface area contributed by atoms with Gasteiger partial charge in [0.05, 0.1) is 30.3 Å². The standard InChI is InChI=1S/C26H27FN2O2/c1-25-16-19-17-28-29(22-7-5-21(27)6-8-22)24(19)15-20(25)12-14-26(25,30)13-11-18-3-9-23(31-2)10-4-18/h3-10,15,17,30H,11-14,16H2,1-2H3/t25-,26-/m0/s1. The number of methoxy groups -OCH3 is 1. The van der Waals surface area contributed by atoms with E-state index < -0.39 is 5.60 Å². The van der Waals surface area contributed by atoms with Crippen LogP contribution in [0.3, 0.4) is 0 Å². The SMILES string of the molecule is COc1ccc(CC[C@]2(O)CCC3=Cc4c(cnn4-c4ccc(F)cc4)C[C@@]32C)cc1. The van der Waals surface area contributed by atoms with Gasteiger partial charge in [-0.3, -0.25) is 0 Å². The van der Waals surface area contributed by atoms with Crippen molar-refractivity contribution in [1.29, 1.82) is 0 Å². The summed E-state index contributed by atoms with van der Waals surface area (Å²) >= 11 is 0. The zero-order valence-electron chi connectivity index (χ0n) is 17.9. The molecule has 1 fully saturated rings. The number of fused-ring (bicyclic) bond motifs is 2. The van der Waals surface area contributed by atoms with E-state index in [1.807, 2.05) is 23.0 Å². The van der Waals surface area contributed by atoms with Crippen LogP contribution in [-0.4, -0.2) is 27.6 Å². The zero-order valence-corrected chi connectivity index (χ0v) is 17.9. The van der Waals surface area contributed by atoms with E-state index in [9.17, 15) is 9.50 Å². The number of aromatic nitrogens is 2. The second-order valence-corrected chi connectivity index (χ2v) is 9.00. The summed E-state index contributed by atoms with van der Waals surface area (Å²) in [5, 5.41) is 16.3. The third-order valence-corrected chi connectivity index (χ3v) is 7.34. The van der Waals surface area contributed by atoms with Gasteiger partial charge in [0, 0.05) is 5.41 Å². The third-order valence-electron chi connectivity index (χ3n) is 7.34. The van der Waals surface area contributed by atoms with Gasteiger partial charge in [0.25, 0.3) is 0 Å². The Morgan fingerprint density at radius 3 is 2.58 bits per heavy atom. The minimum absolute atomic E-state index is 0.256. The van der Waals surface area contributed by atoms with E-state index in [2.05, 4.69) is 30.2 Å². The lowest BCUT2D eigenvalue weighted by atomic mass is 9.65. The number of hydrogen-bond acceptors (Lipinski definition) is 3. The number of ether oxygens (including phenoxy) is 1. The molecule has 0 amide bonds. The number of halogens is 1. The third kappa shape index (κ3) is 3.28. The van der Waals surface area contributed by atoms with E-state index in [0.717, 1.165) is 48.4 Å². The van der Waals surface area contributed by atoms with Crippen LogP contribution in [0.5, 0.6) is 5.75 Å². The Hall–Kier alpha value is -2.92. The molecule has 160 valence electrons. The Balaban J connectivity index is 1.40. The Kier molecular flexibility index (Phi) is 4.74. The van der Waals surface area contributed by atoms with Crippen molar-refractivity contribution in [2.24, 2.45) is 5.41 Å².